The van der Waals surface area contributed by atoms with Crippen LogP contribution in [0, 0.1) is 0 Å². The van der Waals surface area contributed by atoms with E-state index in [1.165, 1.54) is 22.5 Å². The topological polar surface area (TPSA) is 42.4 Å². The number of fused-ring (bicyclic) bond motifs is 1. The number of ether oxygens (including phenoxy) is 1. The lowest BCUT2D eigenvalue weighted by Crippen LogP contribution is -2.30. The zero-order chi connectivity index (χ0) is 15.4. The number of benzene rings is 1. The number of anilines is 1. The van der Waals surface area contributed by atoms with Crippen molar-refractivity contribution in [1.82, 2.24) is 4.37 Å². The van der Waals surface area contributed by atoms with Crippen molar-refractivity contribution < 1.29 is 18.3 Å². The van der Waals surface area contributed by atoms with Crippen molar-refractivity contribution in [2.24, 2.45) is 0 Å². The zero-order valence-corrected chi connectivity index (χ0v) is 12.6. The highest BCUT2D eigenvalue weighted by Crippen LogP contribution is 2.37. The minimum absolute atomic E-state index is 0.0500. The van der Waals surface area contributed by atoms with Gasteiger partial charge >= 0.3 is 6.61 Å². The van der Waals surface area contributed by atoms with Gasteiger partial charge in [0.1, 0.15) is 5.75 Å². The summed E-state index contributed by atoms with van der Waals surface area (Å²) in [5.41, 5.74) is 0. The maximum absolute atomic E-state index is 12.5. The molecule has 0 fully saturated rings. The number of amides is 1. The van der Waals surface area contributed by atoms with Gasteiger partial charge in [0, 0.05) is 13.0 Å². The monoisotopic (exact) mass is 314 g/mol. The van der Waals surface area contributed by atoms with Gasteiger partial charge in [-0.15, -0.1) is 0 Å². The molecular weight excluding hydrogens is 298 g/mol. The quantitative estimate of drug-likeness (QED) is 0.808. The molecule has 1 aromatic carbocycles. The summed E-state index contributed by atoms with van der Waals surface area (Å²) >= 11 is 1.17. The Morgan fingerprint density at radius 2 is 2.19 bits per heavy atom. The van der Waals surface area contributed by atoms with Gasteiger partial charge in [-0.05, 0) is 37.0 Å². The number of carbonyl (C=O) groups excluding carboxylic acids is 1. The number of alkyl halides is 2. The van der Waals surface area contributed by atoms with Gasteiger partial charge in [-0.3, -0.25) is 9.69 Å². The number of aromatic nitrogens is 1. The molecule has 0 N–H and O–H groups in total. The fourth-order valence-electron chi connectivity index (χ4n) is 2.12. The Balaban J connectivity index is 2.50. The maximum Gasteiger partial charge on any atom is 0.387 e. The van der Waals surface area contributed by atoms with E-state index < -0.39 is 6.61 Å². The first-order valence-electron chi connectivity index (χ1n) is 6.72. The highest BCUT2D eigenvalue weighted by molar-refractivity contribution is 7.13. The van der Waals surface area contributed by atoms with Crippen molar-refractivity contribution in [3.63, 3.8) is 0 Å². The normalized spacial score (nSPS) is 11.1. The number of rotatable bonds is 6. The fraction of sp³-hybridized carbons (Fsp3) is 0.429. The summed E-state index contributed by atoms with van der Waals surface area (Å²) < 4.78 is 34.6. The van der Waals surface area contributed by atoms with Gasteiger partial charge in [0.05, 0.1) is 10.1 Å². The molecule has 1 heterocycles. The third-order valence-corrected chi connectivity index (χ3v) is 3.80. The third kappa shape index (κ3) is 3.29. The van der Waals surface area contributed by atoms with E-state index in [4.69, 9.17) is 0 Å². The molecular formula is C14H16F2N2O2S. The Morgan fingerprint density at radius 1 is 1.43 bits per heavy atom. The van der Waals surface area contributed by atoms with Gasteiger partial charge in [0.2, 0.25) is 5.91 Å². The number of nitrogens with zero attached hydrogens (tertiary/aromatic N) is 2. The van der Waals surface area contributed by atoms with Crippen molar-refractivity contribution in [2.45, 2.75) is 33.3 Å². The standard InChI is InChI=1S/C14H16F2N2O2S/c1-3-6-11(19)18(4-2)13-12-9(20-14(15)16)7-5-8-10(12)21-17-13/h5,7-8,14H,3-4,6H2,1-2H3. The summed E-state index contributed by atoms with van der Waals surface area (Å²) in [5, 5.41) is 0.467. The lowest BCUT2D eigenvalue weighted by molar-refractivity contribution is -0.118. The van der Waals surface area contributed by atoms with Crippen molar-refractivity contribution in [3.05, 3.63) is 18.2 Å². The van der Waals surface area contributed by atoms with E-state index in [1.54, 1.807) is 12.1 Å². The fourth-order valence-corrected chi connectivity index (χ4v) is 2.91. The minimum atomic E-state index is -2.91. The van der Waals surface area contributed by atoms with Gasteiger partial charge in [-0.25, -0.2) is 0 Å². The van der Waals surface area contributed by atoms with Crippen LogP contribution in [0.1, 0.15) is 26.7 Å². The zero-order valence-electron chi connectivity index (χ0n) is 11.8. The van der Waals surface area contributed by atoms with Crippen LogP contribution in [-0.2, 0) is 4.79 Å². The van der Waals surface area contributed by atoms with E-state index in [1.807, 2.05) is 13.8 Å². The number of halogens is 2. The molecule has 1 amide bonds. The van der Waals surface area contributed by atoms with E-state index in [0.717, 1.165) is 6.42 Å². The number of carbonyl (C=O) groups is 1. The Morgan fingerprint density at radius 3 is 2.81 bits per heavy atom. The highest BCUT2D eigenvalue weighted by atomic mass is 32.1. The average Bonchev–Trinajstić information content (AvgIpc) is 2.84. The van der Waals surface area contributed by atoms with Crippen LogP contribution in [0.3, 0.4) is 0 Å². The third-order valence-electron chi connectivity index (χ3n) is 2.99. The summed E-state index contributed by atoms with van der Waals surface area (Å²) in [7, 11) is 0. The van der Waals surface area contributed by atoms with Gasteiger partial charge < -0.3 is 4.74 Å². The first kappa shape index (κ1) is 15.6. The Bertz CT molecular complexity index is 630. The van der Waals surface area contributed by atoms with Crippen molar-refractivity contribution in [1.29, 1.82) is 0 Å². The molecule has 0 saturated carbocycles. The van der Waals surface area contributed by atoms with Crippen LogP contribution in [0.5, 0.6) is 5.75 Å². The summed E-state index contributed by atoms with van der Waals surface area (Å²) in [5.74, 6) is 0.375. The molecule has 0 spiro atoms. The SMILES string of the molecule is CCCC(=O)N(CC)c1nsc2cccc(OC(F)F)c12. The maximum atomic E-state index is 12.5. The minimum Gasteiger partial charge on any atom is -0.434 e. The van der Waals surface area contributed by atoms with Crippen molar-refractivity contribution >= 4 is 33.3 Å². The van der Waals surface area contributed by atoms with E-state index >= 15 is 0 Å². The van der Waals surface area contributed by atoms with Crippen LogP contribution >= 0.6 is 11.5 Å². The second-order valence-corrected chi connectivity index (χ2v) is 5.21. The number of hydrogen-bond acceptors (Lipinski definition) is 4. The van der Waals surface area contributed by atoms with Crippen LogP contribution in [0.25, 0.3) is 10.1 Å². The van der Waals surface area contributed by atoms with Crippen molar-refractivity contribution in [2.75, 3.05) is 11.4 Å². The first-order chi connectivity index (χ1) is 10.1. The average molecular weight is 314 g/mol. The highest BCUT2D eigenvalue weighted by Gasteiger charge is 2.22. The van der Waals surface area contributed by atoms with E-state index in [9.17, 15) is 13.6 Å². The second-order valence-electron chi connectivity index (χ2n) is 4.40. The summed E-state index contributed by atoms with van der Waals surface area (Å²) in [6.45, 7) is 1.26. The second kappa shape index (κ2) is 6.80. The molecule has 7 heteroatoms. The summed E-state index contributed by atoms with van der Waals surface area (Å²) in [6, 6.07) is 4.86. The van der Waals surface area contributed by atoms with Gasteiger partial charge in [0.25, 0.3) is 0 Å². The molecule has 1 aromatic heterocycles. The molecule has 0 unspecified atom stereocenters. The van der Waals surface area contributed by atoms with Crippen molar-refractivity contribution in [3.8, 4) is 5.75 Å². The molecule has 0 saturated heterocycles. The van der Waals surface area contributed by atoms with Gasteiger partial charge in [-0.1, -0.05) is 13.0 Å². The molecule has 0 aliphatic rings. The molecule has 0 atom stereocenters. The molecule has 4 nitrogen and oxygen atoms in total. The molecule has 0 radical (unpaired) electrons. The molecule has 21 heavy (non-hydrogen) atoms. The molecule has 114 valence electrons. The Hall–Kier alpha value is -1.76. The lowest BCUT2D eigenvalue weighted by Gasteiger charge is -2.19. The number of hydrogen-bond donors (Lipinski definition) is 0. The molecule has 0 aliphatic carbocycles. The summed E-state index contributed by atoms with van der Waals surface area (Å²) in [6.07, 6.45) is 1.11. The van der Waals surface area contributed by atoms with E-state index in [-0.39, 0.29) is 11.7 Å². The Kier molecular flexibility index (Phi) is 5.06. The van der Waals surface area contributed by atoms with Gasteiger partial charge in [-0.2, -0.15) is 13.2 Å². The van der Waals surface area contributed by atoms with Gasteiger partial charge in [0.15, 0.2) is 5.82 Å². The van der Waals surface area contributed by atoms with Crippen LogP contribution in [0.4, 0.5) is 14.6 Å². The summed E-state index contributed by atoms with van der Waals surface area (Å²) in [4.78, 5) is 13.7. The van der Waals surface area contributed by atoms with Crippen LogP contribution in [0.2, 0.25) is 0 Å². The molecule has 0 aliphatic heterocycles. The lowest BCUT2D eigenvalue weighted by atomic mass is 10.2. The molecule has 2 aromatic rings. The first-order valence-corrected chi connectivity index (χ1v) is 7.49. The molecule has 0 bridgehead atoms. The van der Waals surface area contributed by atoms with Crippen LogP contribution < -0.4 is 9.64 Å². The largest absolute Gasteiger partial charge is 0.434 e. The Labute approximate surface area is 125 Å². The van der Waals surface area contributed by atoms with E-state index in [0.29, 0.717) is 28.9 Å². The predicted octanol–water partition coefficient (Wildman–Crippen LogP) is 4.05. The molecule has 2 rings (SSSR count). The van der Waals surface area contributed by atoms with Crippen LogP contribution in [-0.4, -0.2) is 23.4 Å². The smallest absolute Gasteiger partial charge is 0.387 e. The predicted molar refractivity (Wildman–Crippen MR) is 79.2 cm³/mol. The van der Waals surface area contributed by atoms with Crippen LogP contribution in [0.15, 0.2) is 18.2 Å². The van der Waals surface area contributed by atoms with E-state index in [2.05, 4.69) is 9.11 Å².